The van der Waals surface area contributed by atoms with Crippen molar-refractivity contribution in [2.24, 2.45) is 0 Å². The number of anilines is 1. The monoisotopic (exact) mass is 454 g/mol. The van der Waals surface area contributed by atoms with E-state index >= 15 is 0 Å². The highest BCUT2D eigenvalue weighted by atomic mass is 16.5. The maximum Gasteiger partial charge on any atom is 0.161 e. The van der Waals surface area contributed by atoms with E-state index < -0.39 is 0 Å². The highest BCUT2D eigenvalue weighted by Crippen LogP contribution is 2.37. The molecule has 0 bridgehead atoms. The van der Waals surface area contributed by atoms with Crippen LogP contribution in [0.5, 0.6) is 5.75 Å². The summed E-state index contributed by atoms with van der Waals surface area (Å²) in [7, 11) is 0. The molecule has 1 aliphatic rings. The summed E-state index contributed by atoms with van der Waals surface area (Å²) < 4.78 is 7.99. The van der Waals surface area contributed by atoms with E-state index in [-0.39, 0.29) is 0 Å². The third-order valence-electron chi connectivity index (χ3n) is 7.23. The lowest BCUT2D eigenvalue weighted by Gasteiger charge is -2.23. The molecule has 0 spiro atoms. The van der Waals surface area contributed by atoms with Gasteiger partial charge < -0.3 is 14.2 Å². The summed E-state index contributed by atoms with van der Waals surface area (Å²) in [6.45, 7) is 11.2. The first-order chi connectivity index (χ1) is 16.6. The van der Waals surface area contributed by atoms with Crippen LogP contribution >= 0.6 is 0 Å². The van der Waals surface area contributed by atoms with Crippen molar-refractivity contribution in [2.45, 2.75) is 52.9 Å². The van der Waals surface area contributed by atoms with Crippen LogP contribution in [0.2, 0.25) is 0 Å². The molecule has 2 aromatic carbocycles. The lowest BCUT2D eigenvalue weighted by molar-refractivity contribution is 0.340. The summed E-state index contributed by atoms with van der Waals surface area (Å²) in [5.41, 5.74) is 6.01. The molecule has 0 saturated carbocycles. The molecule has 0 amide bonds. The van der Waals surface area contributed by atoms with E-state index in [1.165, 1.54) is 34.1 Å². The van der Waals surface area contributed by atoms with Gasteiger partial charge in [0.15, 0.2) is 5.82 Å². The molecule has 3 heterocycles. The zero-order valence-corrected chi connectivity index (χ0v) is 20.7. The SMILES string of the molecule is CCOc1ccc(-n2c(C)c3c(C)nnc(N4CCCC(c5ccccc5)CC4)c3c2C)cc1. The van der Waals surface area contributed by atoms with Crippen molar-refractivity contribution < 1.29 is 4.74 Å². The van der Waals surface area contributed by atoms with E-state index in [0.29, 0.717) is 12.5 Å². The van der Waals surface area contributed by atoms with Crippen LogP contribution in [0.4, 0.5) is 5.82 Å². The van der Waals surface area contributed by atoms with Crippen molar-refractivity contribution in [3.8, 4) is 11.4 Å². The van der Waals surface area contributed by atoms with E-state index in [2.05, 4.69) is 77.8 Å². The fraction of sp³-hybridized carbons (Fsp3) is 0.379. The first-order valence-electron chi connectivity index (χ1n) is 12.5. The molecule has 5 rings (SSSR count). The van der Waals surface area contributed by atoms with Gasteiger partial charge in [-0.3, -0.25) is 0 Å². The highest BCUT2D eigenvalue weighted by Gasteiger charge is 2.25. The molecule has 0 radical (unpaired) electrons. The Bertz CT molecular complexity index is 1280. The Morgan fingerprint density at radius 3 is 2.32 bits per heavy atom. The molecule has 5 heteroatoms. The number of hydrogen-bond acceptors (Lipinski definition) is 4. The van der Waals surface area contributed by atoms with Crippen molar-refractivity contribution in [1.29, 1.82) is 0 Å². The van der Waals surface area contributed by atoms with Crippen molar-refractivity contribution in [2.75, 3.05) is 24.6 Å². The van der Waals surface area contributed by atoms with E-state index in [0.717, 1.165) is 48.9 Å². The fourth-order valence-corrected chi connectivity index (χ4v) is 5.61. The van der Waals surface area contributed by atoms with E-state index in [1.54, 1.807) is 0 Å². The van der Waals surface area contributed by atoms with Gasteiger partial charge in [0.2, 0.25) is 0 Å². The van der Waals surface area contributed by atoms with Gasteiger partial charge in [0.05, 0.1) is 12.3 Å². The minimum Gasteiger partial charge on any atom is -0.494 e. The van der Waals surface area contributed by atoms with Crippen LogP contribution in [0, 0.1) is 20.8 Å². The summed E-state index contributed by atoms with van der Waals surface area (Å²) in [6, 6.07) is 19.3. The Kier molecular flexibility index (Phi) is 6.27. The molecule has 1 unspecified atom stereocenters. The standard InChI is InChI=1S/C29H34N4O/c1-5-34-26-15-13-25(14-16-26)33-21(3)27-20(2)30-31-29(28(27)22(33)4)32-18-9-12-24(17-19-32)23-10-7-6-8-11-23/h6-8,10-11,13-16,24H,5,9,12,17-19H2,1-4H3. The van der Waals surface area contributed by atoms with Gasteiger partial charge >= 0.3 is 0 Å². The minimum atomic E-state index is 0.608. The molecule has 176 valence electrons. The van der Waals surface area contributed by atoms with Crippen LogP contribution in [-0.4, -0.2) is 34.5 Å². The Balaban J connectivity index is 1.53. The summed E-state index contributed by atoms with van der Waals surface area (Å²) in [5.74, 6) is 2.53. The third kappa shape index (κ3) is 4.04. The predicted octanol–water partition coefficient (Wildman–Crippen LogP) is 6.52. The molecule has 1 fully saturated rings. The number of aromatic nitrogens is 3. The van der Waals surface area contributed by atoms with Gasteiger partial charge in [0.1, 0.15) is 5.75 Å². The van der Waals surface area contributed by atoms with Crippen LogP contribution < -0.4 is 9.64 Å². The quantitative estimate of drug-likeness (QED) is 0.344. The Morgan fingerprint density at radius 2 is 1.59 bits per heavy atom. The van der Waals surface area contributed by atoms with Gasteiger partial charge in [-0.15, -0.1) is 5.10 Å². The van der Waals surface area contributed by atoms with Crippen molar-refractivity contribution >= 4 is 16.6 Å². The van der Waals surface area contributed by atoms with Crippen LogP contribution in [-0.2, 0) is 0 Å². The number of hydrogen-bond donors (Lipinski definition) is 0. The van der Waals surface area contributed by atoms with Gasteiger partial charge in [0.25, 0.3) is 0 Å². The van der Waals surface area contributed by atoms with E-state index in [4.69, 9.17) is 9.84 Å². The molecule has 1 aliphatic heterocycles. The molecule has 1 saturated heterocycles. The molecule has 0 aliphatic carbocycles. The van der Waals surface area contributed by atoms with Crippen LogP contribution in [0.15, 0.2) is 54.6 Å². The molecular formula is C29H34N4O. The lowest BCUT2D eigenvalue weighted by atomic mass is 9.92. The van der Waals surface area contributed by atoms with Gasteiger partial charge in [-0.25, -0.2) is 0 Å². The maximum absolute atomic E-state index is 5.65. The molecule has 2 aromatic heterocycles. The van der Waals surface area contributed by atoms with Crippen molar-refractivity contribution in [3.63, 3.8) is 0 Å². The van der Waals surface area contributed by atoms with E-state index in [9.17, 15) is 0 Å². The third-order valence-corrected chi connectivity index (χ3v) is 7.23. The second-order valence-corrected chi connectivity index (χ2v) is 9.32. The summed E-state index contributed by atoms with van der Waals surface area (Å²) in [5, 5.41) is 11.8. The van der Waals surface area contributed by atoms with Gasteiger partial charge in [-0.2, -0.15) is 5.10 Å². The average molecular weight is 455 g/mol. The van der Waals surface area contributed by atoms with Crippen LogP contribution in [0.3, 0.4) is 0 Å². The largest absolute Gasteiger partial charge is 0.494 e. The lowest BCUT2D eigenvalue weighted by Crippen LogP contribution is -2.26. The molecule has 4 aromatic rings. The number of ether oxygens (including phenoxy) is 1. The second-order valence-electron chi connectivity index (χ2n) is 9.32. The zero-order valence-electron chi connectivity index (χ0n) is 20.7. The number of fused-ring (bicyclic) bond motifs is 1. The summed E-state index contributed by atoms with van der Waals surface area (Å²) in [4.78, 5) is 2.46. The fourth-order valence-electron chi connectivity index (χ4n) is 5.61. The minimum absolute atomic E-state index is 0.608. The highest BCUT2D eigenvalue weighted by molar-refractivity contribution is 5.98. The first kappa shape index (κ1) is 22.5. The van der Waals surface area contributed by atoms with Gasteiger partial charge in [-0.05, 0) is 82.7 Å². The molecular weight excluding hydrogens is 420 g/mol. The average Bonchev–Trinajstić information content (AvgIpc) is 3.00. The maximum atomic E-state index is 5.65. The number of aryl methyl sites for hydroxylation is 3. The predicted molar refractivity (Wildman–Crippen MR) is 139 cm³/mol. The summed E-state index contributed by atoms with van der Waals surface area (Å²) in [6.07, 6.45) is 3.51. The van der Waals surface area contributed by atoms with E-state index in [1.807, 2.05) is 19.1 Å². The molecule has 0 N–H and O–H groups in total. The van der Waals surface area contributed by atoms with Crippen LogP contribution in [0.1, 0.15) is 54.7 Å². The first-order valence-corrected chi connectivity index (χ1v) is 12.5. The number of nitrogens with zero attached hydrogens (tertiary/aromatic N) is 4. The van der Waals surface area contributed by atoms with Crippen LogP contribution in [0.25, 0.3) is 16.5 Å². The zero-order chi connectivity index (χ0) is 23.7. The second kappa shape index (κ2) is 9.49. The van der Waals surface area contributed by atoms with Crippen molar-refractivity contribution in [1.82, 2.24) is 14.8 Å². The normalized spacial score (nSPS) is 16.6. The molecule has 34 heavy (non-hydrogen) atoms. The Hall–Kier alpha value is -3.34. The topological polar surface area (TPSA) is 43.2 Å². The van der Waals surface area contributed by atoms with Crippen molar-refractivity contribution in [3.05, 3.63) is 77.2 Å². The molecule has 1 atom stereocenters. The van der Waals surface area contributed by atoms with Gasteiger partial charge in [0, 0.05) is 40.9 Å². The van der Waals surface area contributed by atoms with Gasteiger partial charge in [-0.1, -0.05) is 30.3 Å². The Labute approximate surface area is 202 Å². The summed E-state index contributed by atoms with van der Waals surface area (Å²) >= 11 is 0. The number of benzene rings is 2. The Morgan fingerprint density at radius 1 is 0.853 bits per heavy atom. The smallest absolute Gasteiger partial charge is 0.161 e. The number of rotatable bonds is 5. The molecule has 5 nitrogen and oxygen atoms in total.